The second-order valence-electron chi connectivity index (χ2n) is 4.89. The van der Waals surface area contributed by atoms with Gasteiger partial charge < -0.3 is 9.52 Å². The molecular weight excluding hydrogens is 264 g/mol. The number of hydrogen-bond acceptors (Lipinski definition) is 4. The molecule has 100 valence electrons. The van der Waals surface area contributed by atoms with Crippen molar-refractivity contribution in [1.29, 1.82) is 0 Å². The first-order chi connectivity index (χ1) is 9.24. The topological polar surface area (TPSA) is 49.5 Å². The van der Waals surface area contributed by atoms with Crippen molar-refractivity contribution in [1.82, 2.24) is 9.88 Å². The lowest BCUT2D eigenvalue weighted by molar-refractivity contribution is 0.0470. The predicted molar refractivity (Wildman–Crippen MR) is 72.8 cm³/mol. The first kappa shape index (κ1) is 12.7. The molecule has 0 amide bonds. The minimum absolute atomic E-state index is 0.269. The van der Waals surface area contributed by atoms with Gasteiger partial charge in [0.2, 0.25) is 5.89 Å². The summed E-state index contributed by atoms with van der Waals surface area (Å²) in [5.41, 5.74) is 1.84. The molecule has 1 fully saturated rings. The Hall–Kier alpha value is -1.36. The van der Waals surface area contributed by atoms with Gasteiger partial charge in [-0.15, -0.1) is 0 Å². The summed E-state index contributed by atoms with van der Waals surface area (Å²) >= 11 is 5.85. The smallest absolute Gasteiger partial charge is 0.226 e. The molecule has 1 saturated heterocycles. The largest absolute Gasteiger partial charge is 0.444 e. The van der Waals surface area contributed by atoms with Crippen LogP contribution in [0.3, 0.4) is 0 Å². The summed E-state index contributed by atoms with van der Waals surface area (Å²) < 4.78 is 5.48. The van der Waals surface area contributed by atoms with Crippen LogP contribution in [0.25, 0.3) is 11.5 Å². The van der Waals surface area contributed by atoms with E-state index in [2.05, 4.69) is 9.88 Å². The Balaban J connectivity index is 1.65. The lowest BCUT2D eigenvalue weighted by Gasteiger charge is -2.37. The molecule has 4 nitrogen and oxygen atoms in total. The highest BCUT2D eigenvalue weighted by molar-refractivity contribution is 6.30. The Morgan fingerprint density at radius 1 is 1.32 bits per heavy atom. The molecule has 3 rings (SSSR count). The van der Waals surface area contributed by atoms with E-state index < -0.39 is 0 Å². The van der Waals surface area contributed by atoms with E-state index in [4.69, 9.17) is 21.1 Å². The van der Waals surface area contributed by atoms with E-state index in [1.807, 2.05) is 24.3 Å². The van der Waals surface area contributed by atoms with Crippen LogP contribution in [0.15, 0.2) is 34.9 Å². The van der Waals surface area contributed by atoms with E-state index in [1.54, 1.807) is 6.26 Å². The van der Waals surface area contributed by atoms with E-state index >= 15 is 0 Å². The molecule has 0 aliphatic carbocycles. The molecule has 1 aliphatic rings. The van der Waals surface area contributed by atoms with Crippen molar-refractivity contribution in [2.24, 2.45) is 5.92 Å². The van der Waals surface area contributed by atoms with Crippen LogP contribution >= 0.6 is 11.6 Å². The lowest BCUT2D eigenvalue weighted by Crippen LogP contribution is -2.47. The van der Waals surface area contributed by atoms with Gasteiger partial charge in [0.15, 0.2) is 0 Å². The van der Waals surface area contributed by atoms with E-state index in [9.17, 15) is 0 Å². The molecule has 5 heteroatoms. The van der Waals surface area contributed by atoms with Crippen LogP contribution < -0.4 is 0 Å². The Labute approximate surface area is 116 Å². The molecule has 1 N–H and O–H groups in total. The highest BCUT2D eigenvalue weighted by Crippen LogP contribution is 2.23. The molecular formula is C14H15ClN2O2. The summed E-state index contributed by atoms with van der Waals surface area (Å²) in [6.45, 7) is 2.90. The van der Waals surface area contributed by atoms with Gasteiger partial charge in [0.25, 0.3) is 0 Å². The molecule has 2 aromatic rings. The average Bonchev–Trinajstić information content (AvgIpc) is 2.82. The third-order valence-electron chi connectivity index (χ3n) is 3.32. The van der Waals surface area contributed by atoms with Crippen molar-refractivity contribution in [2.45, 2.75) is 6.54 Å². The molecule has 0 saturated carbocycles. The number of nitrogens with zero attached hydrogens (tertiary/aromatic N) is 2. The van der Waals surface area contributed by atoms with E-state index in [1.165, 1.54) is 0 Å². The summed E-state index contributed by atoms with van der Waals surface area (Å²) in [4.78, 5) is 6.71. The summed E-state index contributed by atoms with van der Waals surface area (Å²) in [7, 11) is 0. The maximum atomic E-state index is 8.97. The van der Waals surface area contributed by atoms with Crippen LogP contribution in [0.2, 0.25) is 5.02 Å². The SMILES string of the molecule is OCC1CN(Cc2coc(-c3ccc(Cl)cc3)n2)C1. The van der Waals surface area contributed by atoms with Crippen LogP contribution in [0.5, 0.6) is 0 Å². The fourth-order valence-electron chi connectivity index (χ4n) is 2.26. The van der Waals surface area contributed by atoms with Gasteiger partial charge in [-0.1, -0.05) is 11.6 Å². The maximum absolute atomic E-state index is 8.97. The predicted octanol–water partition coefficient (Wildman–Crippen LogP) is 2.42. The number of oxazole rings is 1. The first-order valence-electron chi connectivity index (χ1n) is 6.28. The number of benzene rings is 1. The van der Waals surface area contributed by atoms with Gasteiger partial charge in [0.1, 0.15) is 6.26 Å². The molecule has 0 radical (unpaired) electrons. The molecule has 0 atom stereocenters. The molecule has 1 aliphatic heterocycles. The number of likely N-dealkylation sites (tertiary alicyclic amines) is 1. The zero-order chi connectivity index (χ0) is 13.2. The van der Waals surface area contributed by atoms with Crippen molar-refractivity contribution < 1.29 is 9.52 Å². The average molecular weight is 279 g/mol. The Morgan fingerprint density at radius 2 is 2.05 bits per heavy atom. The number of halogens is 1. The number of aromatic nitrogens is 1. The van der Waals surface area contributed by atoms with Crippen LogP contribution in [0.1, 0.15) is 5.69 Å². The van der Waals surface area contributed by atoms with Crippen LogP contribution in [0.4, 0.5) is 0 Å². The van der Waals surface area contributed by atoms with Gasteiger partial charge >= 0.3 is 0 Å². The molecule has 0 bridgehead atoms. The fraction of sp³-hybridized carbons (Fsp3) is 0.357. The van der Waals surface area contributed by atoms with Crippen molar-refractivity contribution in [2.75, 3.05) is 19.7 Å². The quantitative estimate of drug-likeness (QED) is 0.933. The highest BCUT2D eigenvalue weighted by atomic mass is 35.5. The molecule has 0 spiro atoms. The van der Waals surface area contributed by atoms with Crippen molar-refractivity contribution in [3.63, 3.8) is 0 Å². The van der Waals surface area contributed by atoms with Gasteiger partial charge in [0, 0.05) is 42.7 Å². The number of aliphatic hydroxyl groups excluding tert-OH is 1. The molecule has 2 heterocycles. The van der Waals surface area contributed by atoms with Gasteiger partial charge in [-0.05, 0) is 24.3 Å². The zero-order valence-electron chi connectivity index (χ0n) is 10.4. The Bertz CT molecular complexity index is 547. The van der Waals surface area contributed by atoms with Crippen LogP contribution in [-0.2, 0) is 6.54 Å². The number of rotatable bonds is 4. The minimum Gasteiger partial charge on any atom is -0.444 e. The third kappa shape index (κ3) is 2.81. The molecule has 19 heavy (non-hydrogen) atoms. The summed E-state index contributed by atoms with van der Waals surface area (Å²) in [6, 6.07) is 7.43. The molecule has 1 aromatic heterocycles. The van der Waals surface area contributed by atoms with Gasteiger partial charge in [-0.3, -0.25) is 4.90 Å². The maximum Gasteiger partial charge on any atom is 0.226 e. The monoisotopic (exact) mass is 278 g/mol. The second kappa shape index (κ2) is 5.33. The van der Waals surface area contributed by atoms with Crippen molar-refractivity contribution in [3.05, 3.63) is 41.2 Å². The highest BCUT2D eigenvalue weighted by Gasteiger charge is 2.26. The molecule has 0 unspecified atom stereocenters. The van der Waals surface area contributed by atoms with Gasteiger partial charge in [-0.25, -0.2) is 4.98 Å². The van der Waals surface area contributed by atoms with Crippen molar-refractivity contribution in [3.8, 4) is 11.5 Å². The van der Waals surface area contributed by atoms with E-state index in [0.29, 0.717) is 16.8 Å². The summed E-state index contributed by atoms with van der Waals surface area (Å²) in [5.74, 6) is 1.04. The Kier molecular flexibility index (Phi) is 3.55. The first-order valence-corrected chi connectivity index (χ1v) is 6.66. The van der Waals surface area contributed by atoms with E-state index in [-0.39, 0.29) is 6.61 Å². The zero-order valence-corrected chi connectivity index (χ0v) is 11.2. The number of hydrogen-bond donors (Lipinski definition) is 1. The third-order valence-corrected chi connectivity index (χ3v) is 3.57. The fourth-order valence-corrected chi connectivity index (χ4v) is 2.38. The summed E-state index contributed by atoms with van der Waals surface area (Å²) in [5, 5.41) is 9.67. The van der Waals surface area contributed by atoms with E-state index in [0.717, 1.165) is 30.9 Å². The normalized spacial score (nSPS) is 16.5. The molecule has 1 aromatic carbocycles. The number of aliphatic hydroxyl groups is 1. The second-order valence-corrected chi connectivity index (χ2v) is 5.33. The minimum atomic E-state index is 0.269. The Morgan fingerprint density at radius 3 is 2.74 bits per heavy atom. The lowest BCUT2D eigenvalue weighted by atomic mass is 10.0. The van der Waals surface area contributed by atoms with Crippen LogP contribution in [0, 0.1) is 5.92 Å². The van der Waals surface area contributed by atoms with Gasteiger partial charge in [-0.2, -0.15) is 0 Å². The van der Waals surface area contributed by atoms with Crippen molar-refractivity contribution >= 4 is 11.6 Å². The van der Waals surface area contributed by atoms with Crippen LogP contribution in [-0.4, -0.2) is 34.7 Å². The summed E-state index contributed by atoms with van der Waals surface area (Å²) in [6.07, 6.45) is 1.69. The standard InChI is InChI=1S/C14H15ClN2O2/c15-12-3-1-11(2-4-12)14-16-13(9-19-14)7-17-5-10(6-17)8-18/h1-4,9-10,18H,5-8H2. The van der Waals surface area contributed by atoms with Gasteiger partial charge in [0.05, 0.1) is 5.69 Å².